The van der Waals surface area contributed by atoms with Gasteiger partial charge in [0.15, 0.2) is 5.82 Å². The van der Waals surface area contributed by atoms with Crippen molar-refractivity contribution in [2.24, 2.45) is 0 Å². The van der Waals surface area contributed by atoms with Crippen molar-refractivity contribution in [3.8, 4) is 29.0 Å². The van der Waals surface area contributed by atoms with E-state index in [1.54, 1.807) is 43.2 Å². The highest BCUT2D eigenvalue weighted by Gasteiger charge is 2.34. The van der Waals surface area contributed by atoms with Gasteiger partial charge >= 0.3 is 0 Å². The van der Waals surface area contributed by atoms with Crippen molar-refractivity contribution in [1.29, 1.82) is 5.26 Å². The van der Waals surface area contributed by atoms with Crippen molar-refractivity contribution in [3.05, 3.63) is 95.2 Å². The van der Waals surface area contributed by atoms with Crippen LogP contribution in [0.4, 0.5) is 11.6 Å². The number of hydrogen-bond donors (Lipinski definition) is 2. The molecule has 1 aromatic heterocycles. The third-order valence-electron chi connectivity index (χ3n) is 6.14. The van der Waals surface area contributed by atoms with Crippen LogP contribution in [0, 0.1) is 11.3 Å². The monoisotopic (exact) mass is 492 g/mol. The Balaban J connectivity index is 1.60. The Kier molecular flexibility index (Phi) is 6.31. The Morgan fingerprint density at radius 3 is 2.57 bits per heavy atom. The van der Waals surface area contributed by atoms with Gasteiger partial charge in [-0.3, -0.25) is 4.79 Å². The number of nitrogens with zero attached hydrogens (tertiary/aromatic N) is 4. The predicted octanol–water partition coefficient (Wildman–Crippen LogP) is 4.76. The Labute approximate surface area is 214 Å². The van der Waals surface area contributed by atoms with Gasteiger partial charge in [0.05, 0.1) is 37.1 Å². The highest BCUT2D eigenvalue weighted by molar-refractivity contribution is 6.06. The SMILES string of the molecule is COc1cccc(-c2nc3n(n2)C(c2ccc(C#N)cc2)C(C(=O)Nc2ccccc2OC)=C(C)N3)c1. The molecule has 1 amide bonds. The van der Waals surface area contributed by atoms with E-state index in [-0.39, 0.29) is 5.91 Å². The van der Waals surface area contributed by atoms with Gasteiger partial charge < -0.3 is 20.1 Å². The average Bonchev–Trinajstić information content (AvgIpc) is 3.36. The summed E-state index contributed by atoms with van der Waals surface area (Å²) in [4.78, 5) is 18.4. The van der Waals surface area contributed by atoms with E-state index in [0.717, 1.165) is 11.1 Å². The number of allylic oxidation sites excluding steroid dienone is 1. The smallest absolute Gasteiger partial charge is 0.255 e. The van der Waals surface area contributed by atoms with Crippen LogP contribution in [0.1, 0.15) is 24.1 Å². The van der Waals surface area contributed by atoms with E-state index in [1.165, 1.54) is 0 Å². The number of carbonyl (C=O) groups is 1. The van der Waals surface area contributed by atoms with Crippen molar-refractivity contribution < 1.29 is 14.3 Å². The number of para-hydroxylation sites is 2. The van der Waals surface area contributed by atoms with Crippen LogP contribution < -0.4 is 20.1 Å². The lowest BCUT2D eigenvalue weighted by atomic mass is 9.94. The summed E-state index contributed by atoms with van der Waals surface area (Å²) in [5.41, 5.74) is 3.74. The van der Waals surface area contributed by atoms with E-state index in [2.05, 4.69) is 16.7 Å². The summed E-state index contributed by atoms with van der Waals surface area (Å²) in [6.07, 6.45) is 0. The summed E-state index contributed by atoms with van der Waals surface area (Å²) in [6, 6.07) is 23.3. The van der Waals surface area contributed by atoms with Crippen LogP contribution in [0.15, 0.2) is 84.1 Å². The molecule has 0 spiro atoms. The van der Waals surface area contributed by atoms with Crippen LogP contribution in [0.3, 0.4) is 0 Å². The molecule has 1 unspecified atom stereocenters. The van der Waals surface area contributed by atoms with E-state index in [9.17, 15) is 10.1 Å². The fourth-order valence-electron chi connectivity index (χ4n) is 4.32. The highest BCUT2D eigenvalue weighted by Crippen LogP contribution is 2.37. The minimum atomic E-state index is -0.592. The van der Waals surface area contributed by atoms with E-state index >= 15 is 0 Å². The van der Waals surface area contributed by atoms with Gasteiger partial charge in [-0.1, -0.05) is 36.4 Å². The number of fused-ring (bicyclic) bond motifs is 1. The molecule has 1 aliphatic rings. The molecule has 9 nitrogen and oxygen atoms in total. The molecule has 0 bridgehead atoms. The molecule has 0 fully saturated rings. The van der Waals surface area contributed by atoms with E-state index in [1.807, 2.05) is 55.5 Å². The molecule has 2 N–H and O–H groups in total. The fourth-order valence-corrected chi connectivity index (χ4v) is 4.32. The fraction of sp³-hybridized carbons (Fsp3) is 0.143. The van der Waals surface area contributed by atoms with E-state index in [0.29, 0.717) is 45.8 Å². The summed E-state index contributed by atoms with van der Waals surface area (Å²) < 4.78 is 12.5. The maximum Gasteiger partial charge on any atom is 0.255 e. The average molecular weight is 493 g/mol. The molecule has 0 saturated heterocycles. The minimum Gasteiger partial charge on any atom is -0.497 e. The number of nitrogens with one attached hydrogen (secondary N) is 2. The van der Waals surface area contributed by atoms with Gasteiger partial charge in [0.1, 0.15) is 17.5 Å². The summed E-state index contributed by atoms with van der Waals surface area (Å²) in [6.45, 7) is 1.83. The van der Waals surface area contributed by atoms with Gasteiger partial charge in [0, 0.05) is 11.3 Å². The molecular weight excluding hydrogens is 468 g/mol. The summed E-state index contributed by atoms with van der Waals surface area (Å²) >= 11 is 0. The predicted molar refractivity (Wildman–Crippen MR) is 139 cm³/mol. The Hall–Kier alpha value is -5.10. The van der Waals surface area contributed by atoms with Crippen LogP contribution in [-0.4, -0.2) is 34.9 Å². The number of hydrogen-bond acceptors (Lipinski definition) is 7. The second kappa shape index (κ2) is 9.87. The van der Waals surface area contributed by atoms with Crippen molar-refractivity contribution in [3.63, 3.8) is 0 Å². The van der Waals surface area contributed by atoms with Crippen LogP contribution in [0.5, 0.6) is 11.5 Å². The lowest BCUT2D eigenvalue weighted by Crippen LogP contribution is -2.31. The number of aromatic nitrogens is 3. The lowest BCUT2D eigenvalue weighted by molar-refractivity contribution is -0.113. The van der Waals surface area contributed by atoms with Crippen molar-refractivity contribution in [2.75, 3.05) is 24.9 Å². The van der Waals surface area contributed by atoms with Crippen LogP contribution in [0.2, 0.25) is 0 Å². The number of rotatable bonds is 6. The van der Waals surface area contributed by atoms with Crippen LogP contribution in [0.25, 0.3) is 11.4 Å². The molecule has 184 valence electrons. The Bertz CT molecular complexity index is 1550. The number of nitriles is 1. The molecule has 9 heteroatoms. The molecule has 1 atom stereocenters. The first-order valence-corrected chi connectivity index (χ1v) is 11.6. The Morgan fingerprint density at radius 2 is 1.84 bits per heavy atom. The molecule has 1 aliphatic heterocycles. The number of benzene rings is 3. The molecule has 0 aliphatic carbocycles. The van der Waals surface area contributed by atoms with Crippen LogP contribution >= 0.6 is 0 Å². The van der Waals surface area contributed by atoms with Gasteiger partial charge in [-0.05, 0) is 48.9 Å². The summed E-state index contributed by atoms with van der Waals surface area (Å²) in [7, 11) is 3.16. The number of ether oxygens (including phenoxy) is 2. The lowest BCUT2D eigenvalue weighted by Gasteiger charge is -2.28. The molecule has 5 rings (SSSR count). The topological polar surface area (TPSA) is 114 Å². The first-order valence-electron chi connectivity index (χ1n) is 11.6. The van der Waals surface area contributed by atoms with Crippen molar-refractivity contribution >= 4 is 17.5 Å². The van der Waals surface area contributed by atoms with Crippen LogP contribution in [-0.2, 0) is 4.79 Å². The Morgan fingerprint density at radius 1 is 1.05 bits per heavy atom. The zero-order valence-electron chi connectivity index (χ0n) is 20.5. The largest absolute Gasteiger partial charge is 0.497 e. The number of methoxy groups -OCH3 is 2. The first kappa shape index (κ1) is 23.6. The third kappa shape index (κ3) is 4.48. The molecule has 3 aromatic carbocycles. The molecule has 2 heterocycles. The third-order valence-corrected chi connectivity index (χ3v) is 6.14. The van der Waals surface area contributed by atoms with Gasteiger partial charge in [0.2, 0.25) is 5.95 Å². The number of anilines is 2. The zero-order valence-corrected chi connectivity index (χ0v) is 20.5. The van der Waals surface area contributed by atoms with Gasteiger partial charge in [-0.2, -0.15) is 10.2 Å². The molecule has 37 heavy (non-hydrogen) atoms. The molecular formula is C28H24N6O3. The van der Waals surface area contributed by atoms with Gasteiger partial charge in [0.25, 0.3) is 5.91 Å². The minimum absolute atomic E-state index is 0.312. The number of carbonyl (C=O) groups excluding carboxylic acids is 1. The van der Waals surface area contributed by atoms with Gasteiger partial charge in [-0.25, -0.2) is 4.68 Å². The van der Waals surface area contributed by atoms with Crippen molar-refractivity contribution in [1.82, 2.24) is 14.8 Å². The first-order chi connectivity index (χ1) is 18.0. The maximum atomic E-state index is 13.7. The molecule has 0 saturated carbocycles. The van der Waals surface area contributed by atoms with Crippen molar-refractivity contribution in [2.45, 2.75) is 13.0 Å². The number of amides is 1. The molecule has 0 radical (unpaired) electrons. The maximum absolute atomic E-state index is 13.7. The quantitative estimate of drug-likeness (QED) is 0.399. The van der Waals surface area contributed by atoms with E-state index in [4.69, 9.17) is 19.6 Å². The van der Waals surface area contributed by atoms with E-state index < -0.39 is 6.04 Å². The molecule has 4 aromatic rings. The second-order valence-corrected chi connectivity index (χ2v) is 8.39. The normalized spacial score (nSPS) is 14.3. The summed E-state index contributed by atoms with van der Waals surface area (Å²) in [5, 5.41) is 20.3. The standard InChI is InChI=1S/C28H24N6O3/c1-17-24(27(35)31-22-9-4-5-10-23(22)37-3)25(19-13-11-18(16-29)12-14-19)34-28(30-17)32-26(33-34)20-7-6-8-21(15-20)36-2/h4-15,25H,1-3H3,(H,31,35)(H,30,32,33). The zero-order chi connectivity index (χ0) is 25.9. The van der Waals surface area contributed by atoms with Gasteiger partial charge in [-0.15, -0.1) is 5.10 Å². The second-order valence-electron chi connectivity index (χ2n) is 8.39. The highest BCUT2D eigenvalue weighted by atomic mass is 16.5. The summed E-state index contributed by atoms with van der Waals surface area (Å²) in [5.74, 6) is 1.91.